The highest BCUT2D eigenvalue weighted by molar-refractivity contribution is 6.20. The molecule has 1 aliphatic rings. The fourth-order valence-electron chi connectivity index (χ4n) is 5.01. The Morgan fingerprint density at radius 1 is 0.750 bits per heavy atom. The second-order valence-corrected chi connectivity index (χ2v) is 10.2. The summed E-state index contributed by atoms with van der Waals surface area (Å²) < 4.78 is 4.98. The molecule has 4 nitrogen and oxygen atoms in total. The summed E-state index contributed by atoms with van der Waals surface area (Å²) in [6, 6.07) is 20.9. The fraction of sp³-hybridized carbons (Fsp3) is 0.222. The summed E-state index contributed by atoms with van der Waals surface area (Å²) in [5.74, 6) is -1.18. The van der Waals surface area contributed by atoms with Crippen molar-refractivity contribution >= 4 is 48.0 Å². The maximum Gasteiger partial charge on any atom is 0.346 e. The molecule has 1 aliphatic heterocycles. The molecule has 4 rings (SSSR count). The van der Waals surface area contributed by atoms with E-state index in [1.54, 1.807) is 0 Å². The lowest BCUT2D eigenvalue weighted by Gasteiger charge is -2.20. The second-order valence-electron chi connectivity index (χ2n) is 10.2. The summed E-state index contributed by atoms with van der Waals surface area (Å²) in [5, 5.41) is 0. The first-order chi connectivity index (χ1) is 19.2. The van der Waals surface area contributed by atoms with Crippen LogP contribution in [0.1, 0.15) is 66.6 Å². The zero-order chi connectivity index (χ0) is 28.8. The van der Waals surface area contributed by atoms with Gasteiger partial charge in [0.25, 0.3) is 0 Å². The molecule has 1 saturated heterocycles. The molecule has 1 fully saturated rings. The number of ether oxygens (including phenoxy) is 1. The van der Waals surface area contributed by atoms with Gasteiger partial charge in [0.2, 0.25) is 0 Å². The zero-order valence-corrected chi connectivity index (χ0v) is 24.2. The van der Waals surface area contributed by atoms with Gasteiger partial charge in [0.15, 0.2) is 0 Å². The Kier molecular flexibility index (Phi) is 9.00. The summed E-state index contributed by atoms with van der Waals surface area (Å²) in [6.45, 7) is 14.0. The summed E-state index contributed by atoms with van der Waals surface area (Å²) >= 11 is 0. The summed E-state index contributed by atoms with van der Waals surface area (Å²) in [7, 11) is 0. The highest BCUT2D eigenvalue weighted by Gasteiger charge is 2.34. The predicted molar refractivity (Wildman–Crippen MR) is 168 cm³/mol. The molecule has 0 aromatic heterocycles. The molecule has 0 unspecified atom stereocenters. The average molecular weight is 532 g/mol. The first-order valence-corrected chi connectivity index (χ1v) is 13.8. The van der Waals surface area contributed by atoms with Crippen molar-refractivity contribution in [2.24, 2.45) is 0 Å². The van der Waals surface area contributed by atoms with Crippen LogP contribution in [-0.2, 0) is 14.3 Å². The van der Waals surface area contributed by atoms with Crippen LogP contribution < -0.4 is 4.90 Å². The van der Waals surface area contributed by atoms with Gasteiger partial charge in [0.1, 0.15) is 0 Å². The molecule has 0 atom stereocenters. The van der Waals surface area contributed by atoms with E-state index in [-0.39, 0.29) is 0 Å². The monoisotopic (exact) mass is 531 g/mol. The molecule has 1 heterocycles. The molecule has 0 amide bonds. The van der Waals surface area contributed by atoms with E-state index >= 15 is 0 Å². The number of carbonyl (C=O) groups is 2. The summed E-state index contributed by atoms with van der Waals surface area (Å²) in [4.78, 5) is 27.4. The third-order valence-electron chi connectivity index (χ3n) is 7.38. The lowest BCUT2D eigenvalue weighted by atomic mass is 9.89. The molecule has 0 radical (unpaired) electrons. The predicted octanol–water partition coefficient (Wildman–Crippen LogP) is 8.29. The molecule has 40 heavy (non-hydrogen) atoms. The van der Waals surface area contributed by atoms with Gasteiger partial charge in [0, 0.05) is 18.8 Å². The molecular formula is C36H37NO3. The maximum absolute atomic E-state index is 12.7. The number of allylic oxidation sites excluding steroid dienone is 1. The van der Waals surface area contributed by atoms with Gasteiger partial charge in [-0.3, -0.25) is 0 Å². The number of cyclic esters (lactones) is 2. The Labute approximate surface area is 238 Å². The molecule has 3 aromatic carbocycles. The third kappa shape index (κ3) is 6.23. The van der Waals surface area contributed by atoms with Crippen LogP contribution in [0.3, 0.4) is 0 Å². The van der Waals surface area contributed by atoms with E-state index in [4.69, 9.17) is 4.74 Å². The van der Waals surface area contributed by atoms with Crippen LogP contribution in [0.25, 0.3) is 30.4 Å². The van der Waals surface area contributed by atoms with Gasteiger partial charge in [-0.25, -0.2) is 9.59 Å². The summed E-state index contributed by atoms with van der Waals surface area (Å²) in [6.07, 6.45) is 10.2. The SMILES string of the molecule is CCN(CC)c1ccc(/C=C/c2cc(/C=C/c3ccccc3)c(C)c(/C=C3/C(=O)OC(=O)C3=C(C)C)c2C)cc1. The topological polar surface area (TPSA) is 46.6 Å². The Morgan fingerprint density at radius 2 is 1.30 bits per heavy atom. The van der Waals surface area contributed by atoms with E-state index in [1.165, 1.54) is 5.69 Å². The molecule has 0 saturated carbocycles. The van der Waals surface area contributed by atoms with Crippen molar-refractivity contribution in [1.29, 1.82) is 0 Å². The molecule has 204 valence electrons. The summed E-state index contributed by atoms with van der Waals surface area (Å²) in [5.41, 5.74) is 9.86. The minimum atomic E-state index is -0.601. The van der Waals surface area contributed by atoms with E-state index in [0.717, 1.165) is 57.6 Å². The van der Waals surface area contributed by atoms with Gasteiger partial charge in [-0.15, -0.1) is 0 Å². The highest BCUT2D eigenvalue weighted by Crippen LogP contribution is 2.32. The average Bonchev–Trinajstić information content (AvgIpc) is 3.24. The second kappa shape index (κ2) is 12.6. The van der Waals surface area contributed by atoms with Crippen molar-refractivity contribution in [3.05, 3.63) is 116 Å². The molecule has 0 aliphatic carbocycles. The third-order valence-corrected chi connectivity index (χ3v) is 7.38. The normalized spacial score (nSPS) is 14.6. The van der Waals surface area contributed by atoms with Crippen LogP contribution in [0.4, 0.5) is 5.69 Å². The Balaban J connectivity index is 1.81. The van der Waals surface area contributed by atoms with Crippen LogP contribution >= 0.6 is 0 Å². The van der Waals surface area contributed by atoms with Gasteiger partial charge in [-0.2, -0.15) is 0 Å². The lowest BCUT2D eigenvalue weighted by molar-refractivity contribution is -0.149. The quantitative estimate of drug-likeness (QED) is 0.127. The van der Waals surface area contributed by atoms with Crippen LogP contribution in [0.2, 0.25) is 0 Å². The zero-order valence-electron chi connectivity index (χ0n) is 24.2. The number of esters is 2. The fourth-order valence-corrected chi connectivity index (χ4v) is 5.01. The van der Waals surface area contributed by atoms with Gasteiger partial charge in [-0.05, 0) is 105 Å². The van der Waals surface area contributed by atoms with Crippen molar-refractivity contribution in [2.75, 3.05) is 18.0 Å². The van der Waals surface area contributed by atoms with Gasteiger partial charge >= 0.3 is 11.9 Å². The number of nitrogens with zero attached hydrogens (tertiary/aromatic N) is 1. The first-order valence-electron chi connectivity index (χ1n) is 13.8. The Bertz CT molecular complexity index is 1530. The molecule has 4 heteroatoms. The first kappa shape index (κ1) is 28.6. The van der Waals surface area contributed by atoms with Crippen molar-refractivity contribution in [3.63, 3.8) is 0 Å². The van der Waals surface area contributed by atoms with Gasteiger partial charge in [-0.1, -0.05) is 72.3 Å². The van der Waals surface area contributed by atoms with Gasteiger partial charge < -0.3 is 9.64 Å². The van der Waals surface area contributed by atoms with E-state index in [2.05, 4.69) is 92.4 Å². The van der Waals surface area contributed by atoms with Crippen molar-refractivity contribution < 1.29 is 14.3 Å². The maximum atomic E-state index is 12.7. The molecule has 0 N–H and O–H groups in total. The van der Waals surface area contributed by atoms with E-state index in [1.807, 2.05) is 45.0 Å². The van der Waals surface area contributed by atoms with E-state index < -0.39 is 11.9 Å². The number of benzene rings is 3. The van der Waals surface area contributed by atoms with E-state index in [9.17, 15) is 9.59 Å². The minimum Gasteiger partial charge on any atom is -0.386 e. The van der Waals surface area contributed by atoms with E-state index in [0.29, 0.717) is 11.1 Å². The molecule has 0 spiro atoms. The van der Waals surface area contributed by atoms with Crippen LogP contribution in [0.15, 0.2) is 77.4 Å². The van der Waals surface area contributed by atoms with Crippen molar-refractivity contribution in [3.8, 4) is 0 Å². The van der Waals surface area contributed by atoms with Crippen LogP contribution in [0, 0.1) is 13.8 Å². The smallest absolute Gasteiger partial charge is 0.346 e. The largest absolute Gasteiger partial charge is 0.386 e. The number of rotatable bonds is 8. The number of anilines is 1. The van der Waals surface area contributed by atoms with Crippen molar-refractivity contribution in [2.45, 2.75) is 41.5 Å². The number of hydrogen-bond acceptors (Lipinski definition) is 4. The van der Waals surface area contributed by atoms with Crippen LogP contribution in [0.5, 0.6) is 0 Å². The highest BCUT2D eigenvalue weighted by atomic mass is 16.6. The Morgan fingerprint density at radius 3 is 1.82 bits per heavy atom. The van der Waals surface area contributed by atoms with Gasteiger partial charge in [0.05, 0.1) is 11.1 Å². The lowest BCUT2D eigenvalue weighted by Crippen LogP contribution is -2.21. The number of hydrogen-bond donors (Lipinski definition) is 0. The Hall–Kier alpha value is -4.44. The number of carbonyl (C=O) groups excluding carboxylic acids is 2. The molecular weight excluding hydrogens is 494 g/mol. The standard InChI is InChI=1S/C36H37NO3/c1-7-37(8-2)31-20-16-28(17-21-31)15-19-30-22-29(18-14-27-12-10-9-11-13-27)25(5)32(26(30)6)23-33-34(24(3)4)36(39)40-35(33)38/h9-23H,7-8H2,1-6H3/b18-14+,19-15+,33-23+. The molecule has 0 bridgehead atoms. The molecule has 3 aromatic rings. The van der Waals surface area contributed by atoms with Crippen LogP contribution in [-0.4, -0.2) is 25.0 Å². The minimum absolute atomic E-state index is 0.308. The van der Waals surface area contributed by atoms with Crippen molar-refractivity contribution in [1.82, 2.24) is 0 Å².